The van der Waals surface area contributed by atoms with Crippen molar-refractivity contribution in [2.45, 2.75) is 45.8 Å². The van der Waals surface area contributed by atoms with Crippen LogP contribution in [0.15, 0.2) is 42.5 Å². The first kappa shape index (κ1) is 23.2. The largest absolute Gasteiger partial charge is 0.494 e. The first-order chi connectivity index (χ1) is 14.1. The maximum absolute atomic E-state index is 13.8. The summed E-state index contributed by atoms with van der Waals surface area (Å²) in [5.41, 5.74) is 1.65. The number of rotatable bonds is 7. The molecule has 2 aromatic rings. The third-order valence-corrected chi connectivity index (χ3v) is 4.19. The normalized spacial score (nSPS) is 11.0. The van der Waals surface area contributed by atoms with Crippen LogP contribution in [0.1, 0.15) is 38.3 Å². The molecule has 0 bridgehead atoms. The first-order valence-electron chi connectivity index (χ1n) is 9.72. The van der Waals surface area contributed by atoms with Crippen molar-refractivity contribution in [1.29, 1.82) is 0 Å². The zero-order valence-electron chi connectivity index (χ0n) is 18.1. The van der Waals surface area contributed by atoms with Crippen LogP contribution in [-0.2, 0) is 22.5 Å². The molecular formula is C23H29FN2O4. The topological polar surface area (TPSA) is 67.9 Å². The van der Waals surface area contributed by atoms with Gasteiger partial charge in [0.15, 0.2) is 11.6 Å². The molecule has 0 atom stereocenters. The molecule has 0 saturated heterocycles. The van der Waals surface area contributed by atoms with Gasteiger partial charge in [0.2, 0.25) is 5.91 Å². The van der Waals surface area contributed by atoms with Gasteiger partial charge in [0, 0.05) is 25.7 Å². The van der Waals surface area contributed by atoms with Crippen LogP contribution in [0.25, 0.3) is 0 Å². The number of amides is 2. The minimum Gasteiger partial charge on any atom is -0.494 e. The van der Waals surface area contributed by atoms with Crippen LogP contribution < -0.4 is 10.1 Å². The van der Waals surface area contributed by atoms with Crippen molar-refractivity contribution >= 4 is 17.7 Å². The third kappa shape index (κ3) is 7.39. The molecule has 0 aliphatic rings. The lowest BCUT2D eigenvalue weighted by molar-refractivity contribution is -0.116. The molecule has 0 aliphatic heterocycles. The van der Waals surface area contributed by atoms with Crippen molar-refractivity contribution in [3.8, 4) is 5.75 Å². The Morgan fingerprint density at radius 1 is 1.10 bits per heavy atom. The molecule has 0 heterocycles. The van der Waals surface area contributed by atoms with E-state index in [4.69, 9.17) is 9.47 Å². The Hall–Kier alpha value is -3.09. The van der Waals surface area contributed by atoms with Crippen molar-refractivity contribution in [1.82, 2.24) is 4.90 Å². The van der Waals surface area contributed by atoms with Crippen molar-refractivity contribution in [3.05, 3.63) is 59.4 Å². The summed E-state index contributed by atoms with van der Waals surface area (Å²) in [7, 11) is 3.07. The second kappa shape index (κ2) is 10.1. The van der Waals surface area contributed by atoms with E-state index in [0.29, 0.717) is 18.7 Å². The molecule has 0 aromatic heterocycles. The fourth-order valence-electron chi connectivity index (χ4n) is 2.77. The van der Waals surface area contributed by atoms with Crippen LogP contribution in [0.2, 0.25) is 0 Å². The molecular weight excluding hydrogens is 387 g/mol. The average Bonchev–Trinajstić information content (AvgIpc) is 2.65. The minimum absolute atomic E-state index is 0.177. The lowest BCUT2D eigenvalue weighted by Crippen LogP contribution is -2.33. The smallest absolute Gasteiger partial charge is 0.410 e. The van der Waals surface area contributed by atoms with Gasteiger partial charge in [0.1, 0.15) is 5.60 Å². The highest BCUT2D eigenvalue weighted by Crippen LogP contribution is 2.19. The highest BCUT2D eigenvalue weighted by atomic mass is 19.1. The Bertz CT molecular complexity index is 893. The Balaban J connectivity index is 1.90. The lowest BCUT2D eigenvalue weighted by atomic mass is 10.1. The van der Waals surface area contributed by atoms with E-state index in [0.717, 1.165) is 11.1 Å². The summed E-state index contributed by atoms with van der Waals surface area (Å²) in [5, 5.41) is 2.84. The molecule has 0 radical (unpaired) electrons. The Kier molecular flexibility index (Phi) is 7.80. The Morgan fingerprint density at radius 3 is 2.47 bits per heavy atom. The molecule has 0 fully saturated rings. The van der Waals surface area contributed by atoms with Gasteiger partial charge in [-0.3, -0.25) is 4.79 Å². The number of aryl methyl sites for hydroxylation is 1. The molecule has 0 aliphatic carbocycles. The van der Waals surface area contributed by atoms with Crippen molar-refractivity contribution in [2.75, 3.05) is 19.5 Å². The molecule has 0 unspecified atom stereocenters. The van der Waals surface area contributed by atoms with Gasteiger partial charge >= 0.3 is 6.09 Å². The van der Waals surface area contributed by atoms with E-state index in [2.05, 4.69) is 5.32 Å². The zero-order valence-corrected chi connectivity index (χ0v) is 18.1. The molecule has 2 aromatic carbocycles. The molecule has 2 amide bonds. The van der Waals surface area contributed by atoms with Crippen LogP contribution >= 0.6 is 0 Å². The molecule has 1 N–H and O–H groups in total. The third-order valence-electron chi connectivity index (χ3n) is 4.19. The predicted molar refractivity (Wildman–Crippen MR) is 114 cm³/mol. The van der Waals surface area contributed by atoms with Crippen molar-refractivity contribution in [2.24, 2.45) is 0 Å². The van der Waals surface area contributed by atoms with Gasteiger partial charge in [0.05, 0.1) is 7.11 Å². The number of halogens is 1. The minimum atomic E-state index is -0.562. The number of carbonyl (C=O) groups is 2. The number of nitrogens with zero attached hydrogens (tertiary/aromatic N) is 1. The number of hydrogen-bond acceptors (Lipinski definition) is 4. The first-order valence-corrected chi connectivity index (χ1v) is 9.72. The number of hydrogen-bond donors (Lipinski definition) is 1. The molecule has 2 rings (SSSR count). The predicted octanol–water partition coefficient (Wildman–Crippen LogP) is 4.77. The van der Waals surface area contributed by atoms with Crippen LogP contribution in [0.3, 0.4) is 0 Å². The highest BCUT2D eigenvalue weighted by molar-refractivity contribution is 5.90. The maximum atomic E-state index is 13.8. The van der Waals surface area contributed by atoms with Crippen molar-refractivity contribution in [3.63, 3.8) is 0 Å². The van der Waals surface area contributed by atoms with Crippen LogP contribution in [0, 0.1) is 5.82 Å². The van der Waals surface area contributed by atoms with Gasteiger partial charge in [-0.2, -0.15) is 0 Å². The SMILES string of the molecule is COc1ccc(CCC(=O)Nc2cccc(CN(C)C(=O)OC(C)(C)C)c2)cc1F. The van der Waals surface area contributed by atoms with E-state index in [1.165, 1.54) is 18.1 Å². The van der Waals surface area contributed by atoms with E-state index in [1.54, 1.807) is 25.2 Å². The molecule has 30 heavy (non-hydrogen) atoms. The van der Waals surface area contributed by atoms with Crippen LogP contribution in [-0.4, -0.2) is 36.7 Å². The van der Waals surface area contributed by atoms with Gasteiger partial charge in [-0.15, -0.1) is 0 Å². The second-order valence-electron chi connectivity index (χ2n) is 8.05. The number of ether oxygens (including phenoxy) is 2. The average molecular weight is 416 g/mol. The second-order valence-corrected chi connectivity index (χ2v) is 8.05. The van der Waals surface area contributed by atoms with Gasteiger partial charge in [0.25, 0.3) is 0 Å². The fraction of sp³-hybridized carbons (Fsp3) is 0.391. The number of methoxy groups -OCH3 is 1. The highest BCUT2D eigenvalue weighted by Gasteiger charge is 2.19. The van der Waals surface area contributed by atoms with E-state index in [-0.39, 0.29) is 18.1 Å². The Morgan fingerprint density at radius 2 is 1.83 bits per heavy atom. The summed E-state index contributed by atoms with van der Waals surface area (Å²) in [6, 6.07) is 11.9. The number of benzene rings is 2. The molecule has 0 spiro atoms. The standard InChI is InChI=1S/C23H29FN2O4/c1-23(2,3)30-22(28)26(4)15-17-7-6-8-18(13-17)25-21(27)12-10-16-9-11-20(29-5)19(24)14-16/h6-9,11,13-14H,10,12,15H2,1-5H3,(H,25,27). The number of nitrogens with one attached hydrogen (secondary N) is 1. The fourth-order valence-corrected chi connectivity index (χ4v) is 2.77. The van der Waals surface area contributed by atoms with Gasteiger partial charge in [-0.1, -0.05) is 18.2 Å². The van der Waals surface area contributed by atoms with Crippen LogP contribution in [0.4, 0.5) is 14.9 Å². The lowest BCUT2D eigenvalue weighted by Gasteiger charge is -2.24. The molecule has 6 nitrogen and oxygen atoms in total. The van der Waals surface area contributed by atoms with Crippen molar-refractivity contribution < 1.29 is 23.5 Å². The summed E-state index contributed by atoms with van der Waals surface area (Å²) < 4.78 is 24.0. The van der Waals surface area contributed by atoms with E-state index < -0.39 is 17.5 Å². The van der Waals surface area contributed by atoms with Crippen LogP contribution in [0.5, 0.6) is 5.75 Å². The number of carbonyl (C=O) groups excluding carboxylic acids is 2. The maximum Gasteiger partial charge on any atom is 0.410 e. The summed E-state index contributed by atoms with van der Waals surface area (Å²) in [6.07, 6.45) is 0.213. The molecule has 162 valence electrons. The quantitative estimate of drug-likeness (QED) is 0.706. The van der Waals surface area contributed by atoms with E-state index in [1.807, 2.05) is 39.0 Å². The zero-order chi connectivity index (χ0) is 22.3. The van der Waals surface area contributed by atoms with Gasteiger partial charge in [-0.05, 0) is 62.6 Å². The monoisotopic (exact) mass is 416 g/mol. The van der Waals surface area contributed by atoms with E-state index >= 15 is 0 Å². The Labute approximate surface area is 177 Å². The van der Waals surface area contributed by atoms with Gasteiger partial charge < -0.3 is 19.7 Å². The summed E-state index contributed by atoms with van der Waals surface area (Å²) in [5.74, 6) is -0.447. The molecule has 0 saturated carbocycles. The van der Waals surface area contributed by atoms with E-state index in [9.17, 15) is 14.0 Å². The molecule has 7 heteroatoms. The number of anilines is 1. The van der Waals surface area contributed by atoms with Gasteiger partial charge in [-0.25, -0.2) is 9.18 Å². The summed E-state index contributed by atoms with van der Waals surface area (Å²) in [6.45, 7) is 5.80. The summed E-state index contributed by atoms with van der Waals surface area (Å²) in [4.78, 5) is 25.9. The summed E-state index contributed by atoms with van der Waals surface area (Å²) >= 11 is 0.